The van der Waals surface area contributed by atoms with E-state index in [4.69, 9.17) is 0 Å². The molecule has 0 atom stereocenters. The fourth-order valence-corrected chi connectivity index (χ4v) is 2.40. The number of aryl methyl sites for hydroxylation is 2. The van der Waals surface area contributed by atoms with Gasteiger partial charge in [-0.15, -0.1) is 0 Å². The van der Waals surface area contributed by atoms with Crippen LogP contribution < -0.4 is 0 Å². The van der Waals surface area contributed by atoms with Crippen molar-refractivity contribution < 1.29 is 0 Å². The standard InChI is InChI=1S/C9H10.C5H10/c1-2-5-9-7-3-6-8(9)4-1;1-2-4-5-3-1/h1-2,4-5H,3,6-7H2;1-5H2. The predicted octanol–water partition coefficient (Wildman–Crippen LogP) is 4.13. The predicted molar refractivity (Wildman–Crippen MR) is 61.6 cm³/mol. The molecule has 1 fully saturated rings. The highest BCUT2D eigenvalue weighted by atomic mass is 14.1. The van der Waals surface area contributed by atoms with E-state index in [0.717, 1.165) is 0 Å². The molecule has 0 unspecified atom stereocenters. The van der Waals surface area contributed by atoms with Gasteiger partial charge < -0.3 is 0 Å². The van der Waals surface area contributed by atoms with E-state index in [0.29, 0.717) is 0 Å². The summed E-state index contributed by atoms with van der Waals surface area (Å²) >= 11 is 0. The van der Waals surface area contributed by atoms with Crippen LogP contribution in [0.5, 0.6) is 0 Å². The summed E-state index contributed by atoms with van der Waals surface area (Å²) in [6.07, 6.45) is 11.5. The summed E-state index contributed by atoms with van der Waals surface area (Å²) in [6.45, 7) is 0. The summed E-state index contributed by atoms with van der Waals surface area (Å²) in [4.78, 5) is 0. The summed E-state index contributed by atoms with van der Waals surface area (Å²) in [5.41, 5.74) is 3.13. The Morgan fingerprint density at radius 3 is 1.43 bits per heavy atom. The molecule has 14 heavy (non-hydrogen) atoms. The zero-order valence-corrected chi connectivity index (χ0v) is 8.97. The van der Waals surface area contributed by atoms with E-state index in [1.807, 2.05) is 0 Å². The second-order valence-electron chi connectivity index (χ2n) is 4.39. The van der Waals surface area contributed by atoms with Crippen LogP contribution in [0.2, 0.25) is 0 Å². The first-order chi connectivity index (χ1) is 6.97. The zero-order valence-electron chi connectivity index (χ0n) is 8.97. The highest BCUT2D eigenvalue weighted by Crippen LogP contribution is 2.20. The molecule has 2 aliphatic rings. The van der Waals surface area contributed by atoms with Crippen molar-refractivity contribution in [2.24, 2.45) is 0 Å². The van der Waals surface area contributed by atoms with Gasteiger partial charge in [0.25, 0.3) is 0 Å². The van der Waals surface area contributed by atoms with Gasteiger partial charge in [-0.05, 0) is 30.4 Å². The van der Waals surface area contributed by atoms with Crippen LogP contribution >= 0.6 is 0 Å². The minimum atomic E-state index is 1.30. The average molecular weight is 188 g/mol. The Labute approximate surface area is 87.3 Å². The maximum atomic E-state index is 2.24. The summed E-state index contributed by atoms with van der Waals surface area (Å²) in [6, 6.07) is 8.74. The summed E-state index contributed by atoms with van der Waals surface area (Å²) in [5, 5.41) is 0. The third-order valence-corrected chi connectivity index (χ3v) is 3.26. The van der Waals surface area contributed by atoms with Gasteiger partial charge in [0, 0.05) is 0 Å². The van der Waals surface area contributed by atoms with Crippen molar-refractivity contribution >= 4 is 0 Å². The van der Waals surface area contributed by atoms with E-state index in [2.05, 4.69) is 24.3 Å². The summed E-state index contributed by atoms with van der Waals surface area (Å²) in [7, 11) is 0. The lowest BCUT2D eigenvalue weighted by Crippen LogP contribution is -1.77. The summed E-state index contributed by atoms with van der Waals surface area (Å²) in [5.74, 6) is 0. The Bertz CT molecular complexity index is 241. The Morgan fingerprint density at radius 1 is 0.571 bits per heavy atom. The first-order valence-electron chi connectivity index (χ1n) is 6.03. The average Bonchev–Trinajstić information content (AvgIpc) is 2.92. The van der Waals surface area contributed by atoms with E-state index < -0.39 is 0 Å². The van der Waals surface area contributed by atoms with E-state index in [1.54, 1.807) is 11.1 Å². The minimum Gasteiger partial charge on any atom is -0.0620 e. The van der Waals surface area contributed by atoms with Crippen molar-refractivity contribution in [3.63, 3.8) is 0 Å². The fraction of sp³-hybridized carbons (Fsp3) is 0.571. The highest BCUT2D eigenvalue weighted by molar-refractivity contribution is 5.30. The molecule has 1 aromatic carbocycles. The largest absolute Gasteiger partial charge is 0.0620 e. The van der Waals surface area contributed by atoms with Crippen LogP contribution in [0.15, 0.2) is 24.3 Å². The Morgan fingerprint density at radius 2 is 1.00 bits per heavy atom. The van der Waals surface area contributed by atoms with E-state index >= 15 is 0 Å². The van der Waals surface area contributed by atoms with Gasteiger partial charge in [-0.1, -0.05) is 56.4 Å². The molecule has 0 heterocycles. The second-order valence-corrected chi connectivity index (χ2v) is 4.39. The SMILES string of the molecule is C1CCCC1.c1ccc2c(c1)CCC2. The first-order valence-corrected chi connectivity index (χ1v) is 6.03. The molecule has 2 aliphatic carbocycles. The van der Waals surface area contributed by atoms with Gasteiger partial charge in [0.05, 0.1) is 0 Å². The molecule has 0 aromatic heterocycles. The maximum absolute atomic E-state index is 2.24. The third kappa shape index (κ3) is 2.60. The monoisotopic (exact) mass is 188 g/mol. The van der Waals surface area contributed by atoms with Gasteiger partial charge in [0.2, 0.25) is 0 Å². The smallest absolute Gasteiger partial charge is 0.0273 e. The Kier molecular flexibility index (Phi) is 3.62. The number of fused-ring (bicyclic) bond motifs is 1. The van der Waals surface area contributed by atoms with Crippen molar-refractivity contribution in [1.29, 1.82) is 0 Å². The lowest BCUT2D eigenvalue weighted by Gasteiger charge is -1.93. The lowest BCUT2D eigenvalue weighted by atomic mass is 10.1. The van der Waals surface area contributed by atoms with Gasteiger partial charge in [-0.3, -0.25) is 0 Å². The van der Waals surface area contributed by atoms with Crippen LogP contribution in [0.3, 0.4) is 0 Å². The van der Waals surface area contributed by atoms with E-state index in [-0.39, 0.29) is 0 Å². The molecule has 0 nitrogen and oxygen atoms in total. The molecule has 0 heteroatoms. The second kappa shape index (κ2) is 5.19. The van der Waals surface area contributed by atoms with Crippen molar-refractivity contribution in [3.8, 4) is 0 Å². The number of benzene rings is 1. The van der Waals surface area contributed by atoms with Crippen LogP contribution in [0.4, 0.5) is 0 Å². The van der Waals surface area contributed by atoms with Crippen LogP contribution in [-0.4, -0.2) is 0 Å². The zero-order chi connectivity index (χ0) is 9.64. The van der Waals surface area contributed by atoms with Crippen molar-refractivity contribution in [2.45, 2.75) is 51.4 Å². The normalized spacial score (nSPS) is 18.6. The van der Waals surface area contributed by atoms with E-state index in [9.17, 15) is 0 Å². The van der Waals surface area contributed by atoms with Crippen molar-refractivity contribution in [1.82, 2.24) is 0 Å². The van der Waals surface area contributed by atoms with Gasteiger partial charge in [-0.2, -0.15) is 0 Å². The summed E-state index contributed by atoms with van der Waals surface area (Å²) < 4.78 is 0. The third-order valence-electron chi connectivity index (χ3n) is 3.26. The van der Waals surface area contributed by atoms with Gasteiger partial charge in [0.1, 0.15) is 0 Å². The quantitative estimate of drug-likeness (QED) is 0.574. The van der Waals surface area contributed by atoms with Gasteiger partial charge in [0.15, 0.2) is 0 Å². The van der Waals surface area contributed by atoms with Crippen molar-refractivity contribution in [2.75, 3.05) is 0 Å². The maximum Gasteiger partial charge on any atom is -0.0273 e. The van der Waals surface area contributed by atoms with Crippen LogP contribution in [-0.2, 0) is 12.8 Å². The lowest BCUT2D eigenvalue weighted by molar-refractivity contribution is 0.886. The van der Waals surface area contributed by atoms with Crippen LogP contribution in [0, 0.1) is 0 Å². The van der Waals surface area contributed by atoms with Gasteiger partial charge >= 0.3 is 0 Å². The molecular formula is C14H20. The van der Waals surface area contributed by atoms with Crippen LogP contribution in [0.25, 0.3) is 0 Å². The number of hydrogen-bond acceptors (Lipinski definition) is 0. The molecule has 3 rings (SSSR count). The molecule has 1 aromatic rings. The molecule has 0 radical (unpaired) electrons. The number of hydrogen-bond donors (Lipinski definition) is 0. The van der Waals surface area contributed by atoms with Gasteiger partial charge in [-0.25, -0.2) is 0 Å². The Hall–Kier alpha value is -0.780. The molecule has 0 saturated heterocycles. The number of rotatable bonds is 0. The van der Waals surface area contributed by atoms with Crippen LogP contribution in [0.1, 0.15) is 49.7 Å². The molecule has 0 spiro atoms. The first kappa shape index (κ1) is 9.76. The molecule has 76 valence electrons. The topological polar surface area (TPSA) is 0 Å². The Balaban J connectivity index is 0.000000128. The molecule has 1 saturated carbocycles. The molecule has 0 bridgehead atoms. The molecule has 0 amide bonds. The van der Waals surface area contributed by atoms with Crippen molar-refractivity contribution in [3.05, 3.63) is 35.4 Å². The highest BCUT2D eigenvalue weighted by Gasteiger charge is 2.07. The molecular weight excluding hydrogens is 168 g/mol. The molecule has 0 N–H and O–H groups in total. The molecule has 0 aliphatic heterocycles. The fourth-order valence-electron chi connectivity index (χ4n) is 2.40. The minimum absolute atomic E-state index is 1.30. The van der Waals surface area contributed by atoms with E-state index in [1.165, 1.54) is 51.4 Å².